The van der Waals surface area contributed by atoms with Crippen LogP contribution < -0.4 is 5.32 Å². The van der Waals surface area contributed by atoms with Gasteiger partial charge in [-0.3, -0.25) is 14.4 Å². The Kier molecular flexibility index (Phi) is 2.89. The SMILES string of the molecule is CCCN1CC(=O)NC2=C1C(=O)c1ccccc1C2=O. The molecular formula is C15H14N2O3. The van der Waals surface area contributed by atoms with Gasteiger partial charge in [0.1, 0.15) is 11.4 Å². The van der Waals surface area contributed by atoms with Crippen molar-refractivity contribution in [1.82, 2.24) is 10.2 Å². The number of rotatable bonds is 2. The Hall–Kier alpha value is -2.43. The average molecular weight is 270 g/mol. The first-order valence-electron chi connectivity index (χ1n) is 6.61. The number of hydrogen-bond acceptors (Lipinski definition) is 4. The molecule has 1 amide bonds. The molecule has 1 aromatic carbocycles. The molecule has 2 aliphatic rings. The van der Waals surface area contributed by atoms with E-state index in [0.717, 1.165) is 6.42 Å². The number of amides is 1. The predicted octanol–water partition coefficient (Wildman–Crippen LogP) is 1.12. The zero-order valence-electron chi connectivity index (χ0n) is 11.1. The monoisotopic (exact) mass is 270 g/mol. The van der Waals surface area contributed by atoms with E-state index in [1.165, 1.54) is 0 Å². The molecule has 0 atom stereocenters. The van der Waals surface area contributed by atoms with Crippen molar-refractivity contribution in [2.45, 2.75) is 13.3 Å². The van der Waals surface area contributed by atoms with Crippen LogP contribution in [0.1, 0.15) is 34.1 Å². The maximum atomic E-state index is 12.6. The van der Waals surface area contributed by atoms with Gasteiger partial charge in [-0.2, -0.15) is 0 Å². The second-order valence-corrected chi connectivity index (χ2v) is 4.90. The molecule has 0 saturated heterocycles. The summed E-state index contributed by atoms with van der Waals surface area (Å²) in [5.41, 5.74) is 1.22. The van der Waals surface area contributed by atoms with Gasteiger partial charge in [0.05, 0.1) is 6.54 Å². The van der Waals surface area contributed by atoms with Gasteiger partial charge in [-0.15, -0.1) is 0 Å². The molecule has 102 valence electrons. The molecule has 5 heteroatoms. The maximum absolute atomic E-state index is 12.6. The molecule has 1 aliphatic carbocycles. The minimum Gasteiger partial charge on any atom is -0.357 e. The summed E-state index contributed by atoms with van der Waals surface area (Å²) in [6.07, 6.45) is 0.799. The number of hydrogen-bond donors (Lipinski definition) is 1. The summed E-state index contributed by atoms with van der Waals surface area (Å²) in [6.45, 7) is 2.66. The van der Waals surface area contributed by atoms with E-state index in [9.17, 15) is 14.4 Å². The molecule has 1 aliphatic heterocycles. The van der Waals surface area contributed by atoms with E-state index < -0.39 is 0 Å². The summed E-state index contributed by atoms with van der Waals surface area (Å²) in [4.78, 5) is 38.4. The van der Waals surface area contributed by atoms with Crippen LogP contribution >= 0.6 is 0 Å². The molecule has 0 unspecified atom stereocenters. The number of ketones is 2. The minimum atomic E-state index is -0.288. The summed E-state index contributed by atoms with van der Waals surface area (Å²) in [5, 5.41) is 2.56. The average Bonchev–Trinajstić information content (AvgIpc) is 2.44. The first-order valence-corrected chi connectivity index (χ1v) is 6.61. The third kappa shape index (κ3) is 1.74. The van der Waals surface area contributed by atoms with Crippen molar-refractivity contribution in [3.63, 3.8) is 0 Å². The van der Waals surface area contributed by atoms with Gasteiger partial charge >= 0.3 is 0 Å². The molecule has 0 fully saturated rings. The maximum Gasteiger partial charge on any atom is 0.244 e. The van der Waals surface area contributed by atoms with E-state index in [1.54, 1.807) is 29.2 Å². The lowest BCUT2D eigenvalue weighted by Gasteiger charge is -2.34. The normalized spacial score (nSPS) is 17.9. The van der Waals surface area contributed by atoms with Crippen molar-refractivity contribution < 1.29 is 14.4 Å². The fourth-order valence-corrected chi connectivity index (χ4v) is 2.67. The third-order valence-electron chi connectivity index (χ3n) is 3.50. The number of benzene rings is 1. The molecule has 0 aromatic heterocycles. The molecule has 1 heterocycles. The first kappa shape index (κ1) is 12.6. The molecule has 5 nitrogen and oxygen atoms in total. The zero-order valence-corrected chi connectivity index (χ0v) is 11.1. The van der Waals surface area contributed by atoms with Gasteiger partial charge in [-0.25, -0.2) is 0 Å². The Morgan fingerprint density at radius 2 is 1.75 bits per heavy atom. The second kappa shape index (κ2) is 4.59. The number of nitrogens with zero attached hydrogens (tertiary/aromatic N) is 1. The van der Waals surface area contributed by atoms with Crippen LogP contribution in [0, 0.1) is 0 Å². The predicted molar refractivity (Wildman–Crippen MR) is 72.1 cm³/mol. The Morgan fingerprint density at radius 3 is 2.40 bits per heavy atom. The van der Waals surface area contributed by atoms with E-state index in [2.05, 4.69) is 5.32 Å². The molecule has 3 rings (SSSR count). The molecule has 0 spiro atoms. The Balaban J connectivity index is 2.16. The third-order valence-corrected chi connectivity index (χ3v) is 3.50. The van der Waals surface area contributed by atoms with Crippen molar-refractivity contribution in [2.24, 2.45) is 0 Å². The van der Waals surface area contributed by atoms with Crippen molar-refractivity contribution in [3.8, 4) is 0 Å². The van der Waals surface area contributed by atoms with Crippen LogP contribution in [0.25, 0.3) is 0 Å². The van der Waals surface area contributed by atoms with Crippen LogP contribution in [0.5, 0.6) is 0 Å². The Bertz CT molecular complexity index is 661. The highest BCUT2D eigenvalue weighted by Gasteiger charge is 2.38. The summed E-state index contributed by atoms with van der Waals surface area (Å²) < 4.78 is 0. The highest BCUT2D eigenvalue weighted by Crippen LogP contribution is 2.29. The number of allylic oxidation sites excluding steroid dienone is 2. The van der Waals surface area contributed by atoms with Crippen LogP contribution in [0.15, 0.2) is 35.7 Å². The van der Waals surface area contributed by atoms with Crippen LogP contribution in [0.3, 0.4) is 0 Å². The first-order chi connectivity index (χ1) is 9.63. The van der Waals surface area contributed by atoms with E-state index in [0.29, 0.717) is 23.4 Å². The van der Waals surface area contributed by atoms with Crippen LogP contribution in [-0.4, -0.2) is 35.5 Å². The van der Waals surface area contributed by atoms with E-state index in [1.807, 2.05) is 6.92 Å². The number of fused-ring (bicyclic) bond motifs is 1. The van der Waals surface area contributed by atoms with E-state index >= 15 is 0 Å². The van der Waals surface area contributed by atoms with Crippen molar-refractivity contribution in [3.05, 3.63) is 46.8 Å². The van der Waals surface area contributed by atoms with Gasteiger partial charge in [0, 0.05) is 17.7 Å². The van der Waals surface area contributed by atoms with Gasteiger partial charge in [0.25, 0.3) is 0 Å². The molecule has 1 aromatic rings. The summed E-state index contributed by atoms with van der Waals surface area (Å²) >= 11 is 0. The van der Waals surface area contributed by atoms with E-state index in [4.69, 9.17) is 0 Å². The lowest BCUT2D eigenvalue weighted by Crippen LogP contribution is -2.49. The highest BCUT2D eigenvalue weighted by atomic mass is 16.2. The summed E-state index contributed by atoms with van der Waals surface area (Å²) in [6, 6.07) is 6.72. The number of nitrogens with one attached hydrogen (secondary N) is 1. The number of carbonyl (C=O) groups is 3. The van der Waals surface area contributed by atoms with Crippen LogP contribution in [0.2, 0.25) is 0 Å². The van der Waals surface area contributed by atoms with E-state index in [-0.39, 0.29) is 29.7 Å². The topological polar surface area (TPSA) is 66.5 Å². The molecule has 0 saturated carbocycles. The molecule has 0 bridgehead atoms. The lowest BCUT2D eigenvalue weighted by atomic mass is 9.88. The Morgan fingerprint density at radius 1 is 1.10 bits per heavy atom. The highest BCUT2D eigenvalue weighted by molar-refractivity contribution is 6.27. The van der Waals surface area contributed by atoms with Gasteiger partial charge < -0.3 is 10.2 Å². The van der Waals surface area contributed by atoms with Crippen LogP contribution in [0.4, 0.5) is 0 Å². The second-order valence-electron chi connectivity index (χ2n) is 4.90. The van der Waals surface area contributed by atoms with Crippen LogP contribution in [-0.2, 0) is 4.79 Å². The van der Waals surface area contributed by atoms with Crippen molar-refractivity contribution in [1.29, 1.82) is 0 Å². The fraction of sp³-hybridized carbons (Fsp3) is 0.267. The smallest absolute Gasteiger partial charge is 0.244 e. The van der Waals surface area contributed by atoms with Gasteiger partial charge in [-0.05, 0) is 6.42 Å². The zero-order chi connectivity index (χ0) is 14.3. The largest absolute Gasteiger partial charge is 0.357 e. The summed E-state index contributed by atoms with van der Waals surface area (Å²) in [7, 11) is 0. The molecule has 20 heavy (non-hydrogen) atoms. The van der Waals surface area contributed by atoms with Gasteiger partial charge in [0.2, 0.25) is 17.5 Å². The molecule has 1 N–H and O–H groups in total. The summed E-state index contributed by atoms with van der Waals surface area (Å²) in [5.74, 6) is -0.731. The quantitative estimate of drug-likeness (QED) is 0.874. The standard InChI is InChI=1S/C15H14N2O3/c1-2-7-17-8-11(18)16-12-13(17)15(20)10-6-4-3-5-9(10)14(12)19/h3-6H,2,7-8H2,1H3,(H,16,18). The Labute approximate surface area is 116 Å². The van der Waals surface area contributed by atoms with Crippen molar-refractivity contribution in [2.75, 3.05) is 13.1 Å². The van der Waals surface area contributed by atoms with Crippen molar-refractivity contribution >= 4 is 17.5 Å². The minimum absolute atomic E-state index is 0.119. The molecule has 0 radical (unpaired) electrons. The number of carbonyl (C=O) groups excluding carboxylic acids is 3. The molecular weight excluding hydrogens is 256 g/mol. The lowest BCUT2D eigenvalue weighted by molar-refractivity contribution is -0.121. The number of Topliss-reactive ketones (excluding diaryl/α,β-unsaturated/α-hetero) is 2. The fourth-order valence-electron chi connectivity index (χ4n) is 2.67. The van der Waals surface area contributed by atoms with Gasteiger partial charge in [-0.1, -0.05) is 31.2 Å². The van der Waals surface area contributed by atoms with Gasteiger partial charge in [0.15, 0.2) is 0 Å².